The molecule has 1 heterocycles. The quantitative estimate of drug-likeness (QED) is 0.0977. The van der Waals surface area contributed by atoms with E-state index in [9.17, 15) is 18.0 Å². The van der Waals surface area contributed by atoms with E-state index >= 15 is 0 Å². The van der Waals surface area contributed by atoms with Crippen molar-refractivity contribution < 1.29 is 28.0 Å². The molecule has 0 bridgehead atoms. The summed E-state index contributed by atoms with van der Waals surface area (Å²) in [7, 11) is -4.04. The van der Waals surface area contributed by atoms with E-state index < -0.39 is 33.7 Å². The average Bonchev–Trinajstić information content (AvgIpc) is 3.42. The fourth-order valence-electron chi connectivity index (χ4n) is 3.55. The smallest absolute Gasteiger partial charge is 0.407 e. The summed E-state index contributed by atoms with van der Waals surface area (Å²) in [5, 5.41) is 19.4. The lowest BCUT2D eigenvalue weighted by molar-refractivity contribution is -0.116. The lowest BCUT2D eigenvalue weighted by Gasteiger charge is -2.19. The number of anilines is 1. The summed E-state index contributed by atoms with van der Waals surface area (Å²) in [6.45, 7) is 5.25. The number of amidine groups is 1. The van der Waals surface area contributed by atoms with Crippen LogP contribution in [-0.2, 0) is 26.0 Å². The first kappa shape index (κ1) is 30.5. The second kappa shape index (κ2) is 13.4. The Morgan fingerprint density at radius 3 is 2.60 bits per heavy atom. The molecule has 2 amide bonds. The number of nitrogens with one attached hydrogen (secondary N) is 3. The number of oxime groups is 1. The summed E-state index contributed by atoms with van der Waals surface area (Å²) in [4.78, 5) is 28.3. The number of rotatable bonds is 11. The first-order chi connectivity index (χ1) is 18.9. The van der Waals surface area contributed by atoms with Crippen LogP contribution in [0.3, 0.4) is 0 Å². The number of ether oxygens (including phenoxy) is 1. The summed E-state index contributed by atoms with van der Waals surface area (Å²) < 4.78 is 34.6. The Hall–Kier alpha value is -4.01. The van der Waals surface area contributed by atoms with E-state index in [0.29, 0.717) is 10.6 Å². The molecule has 0 aliphatic rings. The highest BCUT2D eigenvalue weighted by atomic mass is 32.2. The summed E-state index contributed by atoms with van der Waals surface area (Å²) in [5.74, 6) is -0.475. The van der Waals surface area contributed by atoms with Gasteiger partial charge in [0, 0.05) is 35.8 Å². The Bertz CT molecular complexity index is 1450. The third-order valence-electron chi connectivity index (χ3n) is 5.27. The molecule has 3 rings (SSSR count). The van der Waals surface area contributed by atoms with Gasteiger partial charge in [-0.2, -0.15) is 0 Å². The number of alkyl carbamates (subject to hydrolysis) is 1. The zero-order valence-electron chi connectivity index (χ0n) is 22.2. The van der Waals surface area contributed by atoms with Crippen molar-refractivity contribution in [2.45, 2.75) is 50.2 Å². The molecule has 1 aromatic heterocycles. The molecule has 0 aliphatic carbocycles. The van der Waals surface area contributed by atoms with Crippen molar-refractivity contribution in [2.24, 2.45) is 10.9 Å². The number of hydrogen-bond acceptors (Lipinski definition) is 9. The van der Waals surface area contributed by atoms with Crippen molar-refractivity contribution in [1.29, 1.82) is 0 Å². The van der Waals surface area contributed by atoms with Crippen LogP contribution in [0.1, 0.15) is 49.4 Å². The fraction of sp³-hybridized carbons (Fsp3) is 0.308. The van der Waals surface area contributed by atoms with E-state index in [1.165, 1.54) is 29.5 Å². The molecule has 14 heteroatoms. The normalized spacial score (nSPS) is 12.9. The van der Waals surface area contributed by atoms with E-state index in [2.05, 4.69) is 25.5 Å². The molecular weight excluding hydrogens is 556 g/mol. The van der Waals surface area contributed by atoms with E-state index in [0.717, 1.165) is 5.56 Å². The summed E-state index contributed by atoms with van der Waals surface area (Å²) in [6.07, 6.45) is 1.17. The number of carbonyl (C=O) groups excluding carboxylic acids is 2. The van der Waals surface area contributed by atoms with E-state index in [4.69, 9.17) is 15.7 Å². The number of carbonyl (C=O) groups is 2. The van der Waals surface area contributed by atoms with Crippen LogP contribution in [0.25, 0.3) is 0 Å². The van der Waals surface area contributed by atoms with E-state index in [1.807, 2.05) is 0 Å². The Labute approximate surface area is 236 Å². The fourth-order valence-corrected chi connectivity index (χ4v) is 5.56. The maximum atomic E-state index is 13.4. The standard InChI is InChI=1S/C26H32N6O6S2/c1-26(2,3)38-25(34)29-11-10-22(33)30-19-8-5-9-20(16-19)40(36,37)32-21(24-28-12-13-39-24)15-17-6-4-7-18(14-17)23(27)31-35/h4-9,12-14,16,21,32,35H,10-11,15H2,1-3H3,(H2,27,31)(H,29,34)(H,30,33). The molecule has 0 radical (unpaired) electrons. The summed E-state index contributed by atoms with van der Waals surface area (Å²) in [6, 6.07) is 12.1. The third-order valence-corrected chi connectivity index (χ3v) is 7.62. The van der Waals surface area contributed by atoms with Gasteiger partial charge in [-0.3, -0.25) is 4.79 Å². The Balaban J connectivity index is 1.69. The molecule has 12 nitrogen and oxygen atoms in total. The first-order valence-electron chi connectivity index (χ1n) is 12.2. The molecular formula is C26H32N6O6S2. The molecule has 0 spiro atoms. The van der Waals surface area contributed by atoms with Gasteiger partial charge in [-0.05, 0) is 57.0 Å². The number of benzene rings is 2. The zero-order chi connectivity index (χ0) is 29.3. The van der Waals surface area contributed by atoms with Crippen LogP contribution in [0.15, 0.2) is 70.2 Å². The van der Waals surface area contributed by atoms with Crippen LogP contribution in [-0.4, -0.2) is 48.6 Å². The van der Waals surface area contributed by atoms with Crippen LogP contribution in [0.2, 0.25) is 0 Å². The third kappa shape index (κ3) is 9.32. The topological polar surface area (TPSA) is 185 Å². The molecule has 0 saturated heterocycles. The van der Waals surface area contributed by atoms with Gasteiger partial charge in [0.1, 0.15) is 10.6 Å². The van der Waals surface area contributed by atoms with Gasteiger partial charge in [0.25, 0.3) is 0 Å². The average molecular weight is 589 g/mol. The lowest BCUT2D eigenvalue weighted by Crippen LogP contribution is -2.34. The minimum Gasteiger partial charge on any atom is -0.444 e. The van der Waals surface area contributed by atoms with Crippen molar-refractivity contribution >= 4 is 44.9 Å². The Morgan fingerprint density at radius 2 is 1.93 bits per heavy atom. The van der Waals surface area contributed by atoms with E-state index in [1.54, 1.807) is 62.7 Å². The van der Waals surface area contributed by atoms with Gasteiger partial charge in [0.2, 0.25) is 15.9 Å². The summed E-state index contributed by atoms with van der Waals surface area (Å²) >= 11 is 1.30. The number of thiazole rings is 1. The Morgan fingerprint density at radius 1 is 1.18 bits per heavy atom. The number of amides is 2. The zero-order valence-corrected chi connectivity index (χ0v) is 23.9. The first-order valence-corrected chi connectivity index (χ1v) is 14.6. The maximum Gasteiger partial charge on any atom is 0.407 e. The number of aromatic nitrogens is 1. The monoisotopic (exact) mass is 588 g/mol. The molecule has 0 saturated carbocycles. The van der Waals surface area contributed by atoms with Crippen LogP contribution >= 0.6 is 11.3 Å². The van der Waals surface area contributed by atoms with Crippen LogP contribution in [0.5, 0.6) is 0 Å². The molecule has 2 aromatic carbocycles. The largest absolute Gasteiger partial charge is 0.444 e. The SMILES string of the molecule is CC(C)(C)OC(=O)NCCC(=O)Nc1cccc(S(=O)(=O)NC(Cc2cccc(/C(N)=N\O)c2)c2nccs2)c1. The van der Waals surface area contributed by atoms with Crippen molar-refractivity contribution in [3.8, 4) is 0 Å². The van der Waals surface area contributed by atoms with Gasteiger partial charge in [-0.15, -0.1) is 11.3 Å². The van der Waals surface area contributed by atoms with Gasteiger partial charge in [-0.1, -0.05) is 29.4 Å². The highest BCUT2D eigenvalue weighted by Gasteiger charge is 2.24. The molecule has 3 aromatic rings. The van der Waals surface area contributed by atoms with Crippen molar-refractivity contribution in [3.05, 3.63) is 76.2 Å². The van der Waals surface area contributed by atoms with Gasteiger partial charge in [0.15, 0.2) is 5.84 Å². The highest BCUT2D eigenvalue weighted by molar-refractivity contribution is 7.89. The second-order valence-electron chi connectivity index (χ2n) is 9.69. The Kier molecular flexibility index (Phi) is 10.2. The second-order valence-corrected chi connectivity index (χ2v) is 12.3. The molecule has 40 heavy (non-hydrogen) atoms. The minimum absolute atomic E-state index is 0.0365. The van der Waals surface area contributed by atoms with Crippen LogP contribution < -0.4 is 21.1 Å². The number of hydrogen-bond donors (Lipinski definition) is 5. The summed E-state index contributed by atoms with van der Waals surface area (Å²) in [5.41, 5.74) is 6.56. The van der Waals surface area contributed by atoms with Crippen molar-refractivity contribution in [3.63, 3.8) is 0 Å². The highest BCUT2D eigenvalue weighted by Crippen LogP contribution is 2.25. The maximum absolute atomic E-state index is 13.4. The van der Waals surface area contributed by atoms with Gasteiger partial charge >= 0.3 is 6.09 Å². The molecule has 0 fully saturated rings. The molecule has 0 aliphatic heterocycles. The van der Waals surface area contributed by atoms with Gasteiger partial charge in [-0.25, -0.2) is 22.9 Å². The van der Waals surface area contributed by atoms with Gasteiger partial charge < -0.3 is 26.3 Å². The van der Waals surface area contributed by atoms with Crippen LogP contribution in [0.4, 0.5) is 10.5 Å². The van der Waals surface area contributed by atoms with Crippen LogP contribution in [0, 0.1) is 0 Å². The number of nitrogens with two attached hydrogens (primary N) is 1. The van der Waals surface area contributed by atoms with E-state index in [-0.39, 0.29) is 35.8 Å². The van der Waals surface area contributed by atoms with Crippen molar-refractivity contribution in [2.75, 3.05) is 11.9 Å². The number of nitrogens with zero attached hydrogens (tertiary/aromatic N) is 2. The number of sulfonamides is 1. The molecule has 1 atom stereocenters. The molecule has 1 unspecified atom stereocenters. The minimum atomic E-state index is -4.04. The predicted molar refractivity (Wildman–Crippen MR) is 152 cm³/mol. The molecule has 6 N–H and O–H groups in total. The predicted octanol–water partition coefficient (Wildman–Crippen LogP) is 3.35. The van der Waals surface area contributed by atoms with Gasteiger partial charge in [0.05, 0.1) is 10.9 Å². The molecule has 214 valence electrons. The lowest BCUT2D eigenvalue weighted by atomic mass is 10.0. The van der Waals surface area contributed by atoms with Crippen molar-refractivity contribution in [1.82, 2.24) is 15.0 Å².